The topological polar surface area (TPSA) is 75.6 Å². The average Bonchev–Trinajstić information content (AvgIpc) is 2.35. The molecule has 2 N–H and O–H groups in total. The molecule has 0 fully saturated rings. The van der Waals surface area contributed by atoms with Gasteiger partial charge in [-0.15, -0.1) is 0 Å². The zero-order valence-corrected chi connectivity index (χ0v) is 10.2. The van der Waals surface area contributed by atoms with Crippen LogP contribution >= 0.6 is 11.6 Å². The van der Waals surface area contributed by atoms with Crippen molar-refractivity contribution in [3.05, 3.63) is 40.6 Å². The third-order valence-corrected chi connectivity index (χ3v) is 2.93. The Bertz CT molecular complexity index is 664. The fourth-order valence-corrected chi connectivity index (χ4v) is 1.71. The summed E-state index contributed by atoms with van der Waals surface area (Å²) >= 11 is 6.03. The molecule has 0 spiro atoms. The number of rotatable bonds is 1. The SMILES string of the molecule is Cc1ncnc(-c2cc(N)c(C#N)cc2F)c1Cl. The summed E-state index contributed by atoms with van der Waals surface area (Å²) in [5, 5.41) is 9.02. The summed E-state index contributed by atoms with van der Waals surface area (Å²) in [6, 6.07) is 4.23. The van der Waals surface area contributed by atoms with Gasteiger partial charge in [-0.05, 0) is 19.1 Å². The van der Waals surface area contributed by atoms with E-state index in [9.17, 15) is 4.39 Å². The maximum Gasteiger partial charge on any atom is 0.134 e. The molecule has 1 aromatic carbocycles. The highest BCUT2D eigenvalue weighted by molar-refractivity contribution is 6.33. The third-order valence-electron chi connectivity index (χ3n) is 2.48. The lowest BCUT2D eigenvalue weighted by atomic mass is 10.1. The van der Waals surface area contributed by atoms with Gasteiger partial charge in [0.05, 0.1) is 27.7 Å². The molecule has 90 valence electrons. The number of nitriles is 1. The molecule has 0 aliphatic rings. The van der Waals surface area contributed by atoms with Crippen LogP contribution in [0.3, 0.4) is 0 Å². The predicted molar refractivity (Wildman–Crippen MR) is 66.3 cm³/mol. The maximum atomic E-state index is 13.9. The summed E-state index contributed by atoms with van der Waals surface area (Å²) < 4.78 is 13.9. The van der Waals surface area contributed by atoms with Crippen LogP contribution in [0.25, 0.3) is 11.3 Å². The molecule has 18 heavy (non-hydrogen) atoms. The lowest BCUT2D eigenvalue weighted by Crippen LogP contribution is -1.98. The van der Waals surface area contributed by atoms with E-state index in [0.717, 1.165) is 6.07 Å². The van der Waals surface area contributed by atoms with E-state index in [1.165, 1.54) is 12.4 Å². The maximum absolute atomic E-state index is 13.9. The van der Waals surface area contributed by atoms with Gasteiger partial charge in [0, 0.05) is 5.56 Å². The van der Waals surface area contributed by atoms with Crippen LogP contribution < -0.4 is 5.73 Å². The van der Waals surface area contributed by atoms with Crippen molar-refractivity contribution in [2.24, 2.45) is 0 Å². The second kappa shape index (κ2) is 4.59. The molecule has 6 heteroatoms. The van der Waals surface area contributed by atoms with Crippen LogP contribution in [0.4, 0.5) is 10.1 Å². The van der Waals surface area contributed by atoms with Crippen molar-refractivity contribution in [3.8, 4) is 17.3 Å². The summed E-state index contributed by atoms with van der Waals surface area (Å²) in [6.07, 6.45) is 1.30. The summed E-state index contributed by atoms with van der Waals surface area (Å²) in [5.41, 5.74) is 6.88. The van der Waals surface area contributed by atoms with Crippen molar-refractivity contribution in [1.29, 1.82) is 5.26 Å². The van der Waals surface area contributed by atoms with Crippen molar-refractivity contribution in [3.63, 3.8) is 0 Å². The molecule has 0 saturated carbocycles. The first kappa shape index (κ1) is 12.3. The second-order valence-electron chi connectivity index (χ2n) is 3.65. The van der Waals surface area contributed by atoms with Crippen LogP contribution in [0, 0.1) is 24.1 Å². The van der Waals surface area contributed by atoms with Crippen molar-refractivity contribution < 1.29 is 4.39 Å². The molecule has 0 amide bonds. The van der Waals surface area contributed by atoms with Crippen LogP contribution in [0.2, 0.25) is 5.02 Å². The van der Waals surface area contributed by atoms with E-state index in [4.69, 9.17) is 22.6 Å². The van der Waals surface area contributed by atoms with Crippen molar-refractivity contribution in [1.82, 2.24) is 9.97 Å². The summed E-state index contributed by atoms with van der Waals surface area (Å²) in [7, 11) is 0. The number of hydrogen-bond acceptors (Lipinski definition) is 4. The molecule has 0 bridgehead atoms. The Labute approximate surface area is 108 Å². The highest BCUT2D eigenvalue weighted by atomic mass is 35.5. The standard InChI is InChI=1S/C12H8ClFN4/c1-6-11(13)12(18-5-17-6)8-3-10(16)7(4-15)2-9(8)14/h2-3,5H,16H2,1H3. The minimum atomic E-state index is -0.597. The molecule has 4 nitrogen and oxygen atoms in total. The molecule has 2 aromatic rings. The average molecular weight is 263 g/mol. The highest BCUT2D eigenvalue weighted by Crippen LogP contribution is 2.31. The Balaban J connectivity index is 2.69. The monoisotopic (exact) mass is 262 g/mol. The normalized spacial score (nSPS) is 10.1. The Morgan fingerprint density at radius 1 is 1.39 bits per heavy atom. The first-order chi connectivity index (χ1) is 8.54. The van der Waals surface area contributed by atoms with Gasteiger partial charge >= 0.3 is 0 Å². The number of halogens is 2. The number of nitrogens with two attached hydrogens (primary N) is 1. The number of benzene rings is 1. The van der Waals surface area contributed by atoms with E-state index in [0.29, 0.717) is 5.69 Å². The van der Waals surface area contributed by atoms with Gasteiger partial charge in [0.1, 0.15) is 18.2 Å². The molecule has 1 heterocycles. The van der Waals surface area contributed by atoms with Crippen LogP contribution in [0.15, 0.2) is 18.5 Å². The van der Waals surface area contributed by atoms with Crippen molar-refractivity contribution >= 4 is 17.3 Å². The molecular weight excluding hydrogens is 255 g/mol. The van der Waals surface area contributed by atoms with E-state index < -0.39 is 5.82 Å². The van der Waals surface area contributed by atoms with Crippen LogP contribution in [-0.4, -0.2) is 9.97 Å². The zero-order chi connectivity index (χ0) is 13.3. The lowest BCUT2D eigenvalue weighted by molar-refractivity contribution is 0.630. The van der Waals surface area contributed by atoms with Crippen LogP contribution in [-0.2, 0) is 0 Å². The molecule has 0 aliphatic carbocycles. The van der Waals surface area contributed by atoms with E-state index >= 15 is 0 Å². The van der Waals surface area contributed by atoms with Gasteiger partial charge in [0.25, 0.3) is 0 Å². The largest absolute Gasteiger partial charge is 0.398 e. The van der Waals surface area contributed by atoms with Gasteiger partial charge < -0.3 is 5.73 Å². The van der Waals surface area contributed by atoms with Gasteiger partial charge in [-0.1, -0.05) is 11.6 Å². The van der Waals surface area contributed by atoms with E-state index in [2.05, 4.69) is 9.97 Å². The van der Waals surface area contributed by atoms with Crippen LogP contribution in [0.5, 0.6) is 0 Å². The molecule has 0 aliphatic heterocycles. The molecule has 1 aromatic heterocycles. The minimum absolute atomic E-state index is 0.0816. The second-order valence-corrected chi connectivity index (χ2v) is 4.03. The Morgan fingerprint density at radius 2 is 2.11 bits per heavy atom. The fraction of sp³-hybridized carbons (Fsp3) is 0.0833. The lowest BCUT2D eigenvalue weighted by Gasteiger charge is -2.08. The number of nitrogens with zero attached hydrogens (tertiary/aromatic N) is 3. The van der Waals surface area contributed by atoms with Gasteiger partial charge in [-0.3, -0.25) is 0 Å². The Morgan fingerprint density at radius 3 is 2.78 bits per heavy atom. The number of anilines is 1. The molecule has 0 radical (unpaired) electrons. The number of aryl methyl sites for hydroxylation is 1. The van der Waals surface area contributed by atoms with E-state index in [1.54, 1.807) is 6.92 Å². The molecule has 0 atom stereocenters. The highest BCUT2D eigenvalue weighted by Gasteiger charge is 2.15. The summed E-state index contributed by atoms with van der Waals surface area (Å²) in [4.78, 5) is 7.85. The van der Waals surface area contributed by atoms with Gasteiger partial charge in [0.2, 0.25) is 0 Å². The number of nitrogen functional groups attached to an aromatic ring is 1. The quantitative estimate of drug-likeness (QED) is 0.802. The zero-order valence-electron chi connectivity index (χ0n) is 9.41. The predicted octanol–water partition coefficient (Wildman–Crippen LogP) is 2.70. The van der Waals surface area contributed by atoms with Crippen molar-refractivity contribution in [2.45, 2.75) is 6.92 Å². The fourth-order valence-electron chi connectivity index (χ4n) is 1.51. The first-order valence-corrected chi connectivity index (χ1v) is 5.39. The van der Waals surface area contributed by atoms with Gasteiger partial charge in [0.15, 0.2) is 0 Å². The Kier molecular flexibility index (Phi) is 3.13. The summed E-state index contributed by atoms with van der Waals surface area (Å²) in [5.74, 6) is -0.597. The van der Waals surface area contributed by atoms with Gasteiger partial charge in [-0.2, -0.15) is 5.26 Å². The number of hydrogen-bond donors (Lipinski definition) is 1. The smallest absolute Gasteiger partial charge is 0.134 e. The third kappa shape index (κ3) is 1.98. The molecule has 2 rings (SSSR count). The van der Waals surface area contributed by atoms with Gasteiger partial charge in [-0.25, -0.2) is 14.4 Å². The minimum Gasteiger partial charge on any atom is -0.398 e. The summed E-state index contributed by atoms with van der Waals surface area (Å²) in [6.45, 7) is 1.69. The molecular formula is C12H8ClFN4. The molecule has 0 unspecified atom stereocenters. The van der Waals surface area contributed by atoms with Crippen LogP contribution in [0.1, 0.15) is 11.3 Å². The Hall–Kier alpha value is -2.19. The van der Waals surface area contributed by atoms with E-state index in [-0.39, 0.29) is 27.5 Å². The molecule has 0 saturated heterocycles. The first-order valence-electron chi connectivity index (χ1n) is 5.01. The van der Waals surface area contributed by atoms with E-state index in [1.807, 2.05) is 6.07 Å². The number of aromatic nitrogens is 2. The van der Waals surface area contributed by atoms with Crippen molar-refractivity contribution in [2.75, 3.05) is 5.73 Å².